The number of aromatic carboxylic acids is 1. The summed E-state index contributed by atoms with van der Waals surface area (Å²) in [6.07, 6.45) is 8.12. The third kappa shape index (κ3) is 4.33. The molecule has 0 aliphatic carbocycles. The zero-order chi connectivity index (χ0) is 24.7. The van der Waals surface area contributed by atoms with Gasteiger partial charge in [-0.15, -0.1) is 0 Å². The maximum absolute atomic E-state index is 13.0. The third-order valence-corrected chi connectivity index (χ3v) is 6.69. The van der Waals surface area contributed by atoms with Crippen LogP contribution in [-0.2, 0) is 7.05 Å². The van der Waals surface area contributed by atoms with Crippen LogP contribution in [-0.4, -0.2) is 49.6 Å². The molecule has 1 atom stereocenters. The van der Waals surface area contributed by atoms with E-state index in [1.54, 1.807) is 53.1 Å². The van der Waals surface area contributed by atoms with Gasteiger partial charge in [0.1, 0.15) is 17.2 Å². The fourth-order valence-corrected chi connectivity index (χ4v) is 4.88. The van der Waals surface area contributed by atoms with Gasteiger partial charge >= 0.3 is 5.97 Å². The molecule has 1 aromatic carbocycles. The van der Waals surface area contributed by atoms with E-state index in [-0.39, 0.29) is 17.0 Å². The highest BCUT2D eigenvalue weighted by molar-refractivity contribution is 6.34. The first-order valence-corrected chi connectivity index (χ1v) is 11.7. The molecule has 0 radical (unpaired) electrons. The fraction of sp³-hybridized carbons (Fsp3) is 0.250. The van der Waals surface area contributed by atoms with Gasteiger partial charge in [0, 0.05) is 37.6 Å². The number of rotatable bonds is 6. The highest BCUT2D eigenvalue weighted by atomic mass is 35.5. The van der Waals surface area contributed by atoms with E-state index in [9.17, 15) is 14.7 Å². The summed E-state index contributed by atoms with van der Waals surface area (Å²) in [5, 5.41) is 14.8. The summed E-state index contributed by atoms with van der Waals surface area (Å²) in [7, 11) is 1.76. The van der Waals surface area contributed by atoms with E-state index < -0.39 is 11.4 Å². The van der Waals surface area contributed by atoms with Crippen LogP contribution in [0.5, 0.6) is 5.88 Å². The number of hydrogen-bond acceptors (Lipinski definition) is 6. The number of benzene rings is 1. The summed E-state index contributed by atoms with van der Waals surface area (Å²) in [6, 6.07) is 6.84. The van der Waals surface area contributed by atoms with Gasteiger partial charge in [0.2, 0.25) is 11.3 Å². The normalized spacial score (nSPS) is 15.6. The molecular formula is C24H21Cl2N5O4. The van der Waals surface area contributed by atoms with E-state index in [0.29, 0.717) is 33.7 Å². The lowest BCUT2D eigenvalue weighted by Crippen LogP contribution is -2.34. The van der Waals surface area contributed by atoms with Crippen molar-refractivity contribution in [2.24, 2.45) is 7.05 Å². The van der Waals surface area contributed by atoms with Crippen LogP contribution in [0.3, 0.4) is 0 Å². The van der Waals surface area contributed by atoms with Crippen molar-refractivity contribution in [3.63, 3.8) is 0 Å². The topological polar surface area (TPSA) is 102 Å². The summed E-state index contributed by atoms with van der Waals surface area (Å²) >= 11 is 12.8. The van der Waals surface area contributed by atoms with E-state index in [2.05, 4.69) is 15.0 Å². The van der Waals surface area contributed by atoms with Gasteiger partial charge in [-0.2, -0.15) is 5.10 Å². The summed E-state index contributed by atoms with van der Waals surface area (Å²) in [5.41, 5.74) is 0.959. The van der Waals surface area contributed by atoms with E-state index in [1.165, 1.54) is 6.20 Å². The van der Waals surface area contributed by atoms with Crippen molar-refractivity contribution in [2.45, 2.75) is 18.9 Å². The number of pyridine rings is 2. The lowest BCUT2D eigenvalue weighted by Gasteiger charge is -2.28. The van der Waals surface area contributed by atoms with Gasteiger partial charge in [0.15, 0.2) is 0 Å². The Labute approximate surface area is 210 Å². The maximum atomic E-state index is 13.0. The zero-order valence-electron chi connectivity index (χ0n) is 18.7. The number of ether oxygens (including phenoxy) is 1. The fourth-order valence-electron chi connectivity index (χ4n) is 4.43. The van der Waals surface area contributed by atoms with E-state index in [1.807, 2.05) is 6.07 Å². The van der Waals surface area contributed by atoms with Gasteiger partial charge in [-0.1, -0.05) is 23.2 Å². The summed E-state index contributed by atoms with van der Waals surface area (Å²) < 4.78 is 9.16. The minimum atomic E-state index is -1.31. The van der Waals surface area contributed by atoms with Crippen molar-refractivity contribution in [3.8, 4) is 11.6 Å². The molecule has 0 saturated carbocycles. The summed E-state index contributed by atoms with van der Waals surface area (Å²) in [6.45, 7) is 1.11. The van der Waals surface area contributed by atoms with Crippen molar-refractivity contribution in [3.05, 3.63) is 74.9 Å². The number of carbonyl (C=O) groups is 1. The van der Waals surface area contributed by atoms with Crippen molar-refractivity contribution in [2.75, 3.05) is 18.1 Å². The SMILES string of the molecule is Cn1cc(-n2cc(C(=O)O)c(=O)c3cc(Cl)c(N4CCC[C@@H]4COc4ncccc4Cl)cc32)cn1. The number of carboxylic acids is 1. The average Bonchev–Trinajstić information content (AvgIpc) is 3.47. The van der Waals surface area contributed by atoms with Crippen LogP contribution in [0.4, 0.5) is 5.69 Å². The lowest BCUT2D eigenvalue weighted by molar-refractivity contribution is 0.0695. The van der Waals surface area contributed by atoms with E-state index in [0.717, 1.165) is 25.1 Å². The Hall–Kier alpha value is -3.56. The number of fused-ring (bicyclic) bond motifs is 1. The molecule has 35 heavy (non-hydrogen) atoms. The second-order valence-electron chi connectivity index (χ2n) is 8.33. The number of hydrogen-bond donors (Lipinski definition) is 1. The molecule has 0 spiro atoms. The van der Waals surface area contributed by atoms with E-state index in [4.69, 9.17) is 27.9 Å². The molecule has 1 aliphatic rings. The first-order chi connectivity index (χ1) is 16.8. The lowest BCUT2D eigenvalue weighted by atomic mass is 10.1. The monoisotopic (exact) mass is 513 g/mol. The molecule has 4 aromatic rings. The van der Waals surface area contributed by atoms with E-state index >= 15 is 0 Å². The van der Waals surface area contributed by atoms with Crippen LogP contribution in [0.25, 0.3) is 16.6 Å². The molecule has 180 valence electrons. The van der Waals surface area contributed by atoms with Crippen LogP contribution in [0.2, 0.25) is 10.0 Å². The van der Waals surface area contributed by atoms with Crippen LogP contribution in [0, 0.1) is 0 Å². The van der Waals surface area contributed by atoms with Gasteiger partial charge in [0.05, 0.1) is 34.2 Å². The minimum Gasteiger partial charge on any atom is -0.477 e. The molecule has 1 N–H and O–H groups in total. The first kappa shape index (κ1) is 23.2. The molecule has 4 heterocycles. The Morgan fingerprint density at radius 1 is 1.26 bits per heavy atom. The maximum Gasteiger partial charge on any atom is 0.341 e. The number of nitrogens with zero attached hydrogens (tertiary/aromatic N) is 5. The number of halogens is 2. The zero-order valence-corrected chi connectivity index (χ0v) is 20.2. The van der Waals surface area contributed by atoms with Crippen LogP contribution >= 0.6 is 23.2 Å². The summed E-state index contributed by atoms with van der Waals surface area (Å²) in [5.74, 6) is -0.933. The second-order valence-corrected chi connectivity index (χ2v) is 9.15. The molecule has 0 unspecified atom stereocenters. The quantitative estimate of drug-likeness (QED) is 0.412. The molecule has 1 aliphatic heterocycles. The molecule has 1 saturated heterocycles. The molecule has 0 amide bonds. The molecule has 0 bridgehead atoms. The van der Waals surface area contributed by atoms with Crippen LogP contribution < -0.4 is 15.1 Å². The highest BCUT2D eigenvalue weighted by Crippen LogP contribution is 2.36. The van der Waals surface area contributed by atoms with Gasteiger partial charge in [-0.25, -0.2) is 9.78 Å². The third-order valence-electron chi connectivity index (χ3n) is 6.10. The van der Waals surface area contributed by atoms with Crippen molar-refractivity contribution < 1.29 is 14.6 Å². The Morgan fingerprint density at radius 2 is 2.09 bits per heavy atom. The largest absolute Gasteiger partial charge is 0.477 e. The predicted octanol–water partition coefficient (Wildman–Crippen LogP) is 4.17. The Bertz CT molecular complexity index is 1500. The van der Waals surface area contributed by atoms with Gasteiger partial charge in [-0.05, 0) is 37.1 Å². The Morgan fingerprint density at radius 3 is 2.80 bits per heavy atom. The van der Waals surface area contributed by atoms with Gasteiger partial charge in [-0.3, -0.25) is 9.48 Å². The average molecular weight is 514 g/mol. The van der Waals surface area contributed by atoms with Crippen LogP contribution in [0.15, 0.2) is 53.8 Å². The van der Waals surface area contributed by atoms with Crippen molar-refractivity contribution in [1.29, 1.82) is 0 Å². The van der Waals surface area contributed by atoms with Crippen molar-refractivity contribution in [1.82, 2.24) is 19.3 Å². The number of carboxylic acid groups (broad SMARTS) is 1. The molecule has 1 fully saturated rings. The minimum absolute atomic E-state index is 0.0138. The summed E-state index contributed by atoms with van der Waals surface area (Å²) in [4.78, 5) is 31.1. The standard InChI is InChI=1S/C24H21Cl2N5O4/c1-29-11-15(10-28-29)31-12-17(24(33)34)22(32)16-8-19(26)21(9-20(16)31)30-7-3-4-14(30)13-35-23-18(25)5-2-6-27-23/h2,5-6,8-12,14H,3-4,7,13H2,1H3,(H,33,34)/t14-/m1/s1. The van der Waals surface area contributed by atoms with Gasteiger partial charge < -0.3 is 19.3 Å². The molecule has 9 nitrogen and oxygen atoms in total. The van der Waals surface area contributed by atoms with Crippen LogP contribution in [0.1, 0.15) is 23.2 Å². The molecule has 11 heteroatoms. The molecule has 5 rings (SSSR count). The molecular weight excluding hydrogens is 493 g/mol. The highest BCUT2D eigenvalue weighted by Gasteiger charge is 2.28. The number of anilines is 1. The number of aryl methyl sites for hydroxylation is 1. The first-order valence-electron chi connectivity index (χ1n) is 10.9. The van der Waals surface area contributed by atoms with Crippen molar-refractivity contribution >= 4 is 45.8 Å². The smallest absolute Gasteiger partial charge is 0.341 e. The number of aromatic nitrogens is 4. The second kappa shape index (κ2) is 9.24. The Kier molecular flexibility index (Phi) is 6.12. The Balaban J connectivity index is 1.58. The molecule has 3 aromatic heterocycles. The predicted molar refractivity (Wildman–Crippen MR) is 133 cm³/mol. The van der Waals surface area contributed by atoms with Gasteiger partial charge in [0.25, 0.3) is 0 Å².